The molecule has 0 radical (unpaired) electrons. The highest BCUT2D eigenvalue weighted by Crippen LogP contribution is 2.30. The second-order valence-electron chi connectivity index (χ2n) is 7.25. The summed E-state index contributed by atoms with van der Waals surface area (Å²) >= 11 is 0. The van der Waals surface area contributed by atoms with E-state index in [0.29, 0.717) is 6.10 Å². The summed E-state index contributed by atoms with van der Waals surface area (Å²) in [6, 6.07) is 0. The largest absolute Gasteiger partial charge is 0.396 e. The number of piperidine rings is 1. The van der Waals surface area contributed by atoms with Gasteiger partial charge in [0.25, 0.3) is 0 Å². The lowest BCUT2D eigenvalue weighted by Crippen LogP contribution is -2.47. The Kier molecular flexibility index (Phi) is 15.7. The molecule has 27 heavy (non-hydrogen) atoms. The number of hydrogen-bond donors (Lipinski definition) is 2. The molecule has 0 spiro atoms. The summed E-state index contributed by atoms with van der Waals surface area (Å²) in [4.78, 5) is 7.30. The first-order chi connectivity index (χ1) is 12.6. The quantitative estimate of drug-likeness (QED) is 0.187. The van der Waals surface area contributed by atoms with Crippen LogP contribution in [0.5, 0.6) is 0 Å². The number of aliphatic imine (C=N–C) groups is 1. The number of methoxy groups -OCH3 is 1. The van der Waals surface area contributed by atoms with E-state index < -0.39 is 0 Å². The average Bonchev–Trinajstić information content (AvgIpc) is 2.68. The Hall–Kier alpha value is -0.120. The SMILES string of the molecule is CCNC(=NCC(CC)(CC)CCO)N1CCC(OCCCOC)CC1.I. The van der Waals surface area contributed by atoms with Gasteiger partial charge in [-0.15, -0.1) is 24.0 Å². The molecule has 0 atom stereocenters. The van der Waals surface area contributed by atoms with Crippen LogP contribution in [0.1, 0.15) is 59.3 Å². The van der Waals surface area contributed by atoms with E-state index in [-0.39, 0.29) is 36.0 Å². The van der Waals surface area contributed by atoms with Gasteiger partial charge in [-0.3, -0.25) is 4.99 Å². The van der Waals surface area contributed by atoms with Crippen molar-refractivity contribution in [2.75, 3.05) is 53.1 Å². The summed E-state index contributed by atoms with van der Waals surface area (Å²) in [5, 5.41) is 12.9. The third kappa shape index (κ3) is 9.76. The van der Waals surface area contributed by atoms with Gasteiger partial charge in [0.15, 0.2) is 5.96 Å². The van der Waals surface area contributed by atoms with Crippen LogP contribution in [0, 0.1) is 5.41 Å². The molecule has 0 unspecified atom stereocenters. The maximum absolute atomic E-state index is 9.42. The number of guanidine groups is 1. The van der Waals surface area contributed by atoms with Gasteiger partial charge in [0.1, 0.15) is 0 Å². The number of rotatable bonds is 12. The maximum atomic E-state index is 9.42. The molecule has 1 aliphatic heterocycles. The fraction of sp³-hybridized carbons (Fsp3) is 0.950. The Bertz CT molecular complexity index is 385. The molecule has 1 saturated heterocycles. The van der Waals surface area contributed by atoms with Crippen molar-refractivity contribution >= 4 is 29.9 Å². The zero-order valence-corrected chi connectivity index (χ0v) is 20.2. The zero-order chi connectivity index (χ0) is 19.3. The Balaban J connectivity index is 0.00000676. The van der Waals surface area contributed by atoms with E-state index in [4.69, 9.17) is 14.5 Å². The first-order valence-corrected chi connectivity index (χ1v) is 10.4. The standard InChI is InChI=1S/C20H41N3O3.HI/c1-5-20(6-2,11-14-24)17-22-19(21-7-3)23-12-9-18(10-13-23)26-16-8-15-25-4;/h18,24H,5-17H2,1-4H3,(H,21,22);1H. The molecular weight excluding hydrogens is 457 g/mol. The van der Waals surface area contributed by atoms with Crippen LogP contribution in [0.25, 0.3) is 0 Å². The summed E-state index contributed by atoms with van der Waals surface area (Å²) in [7, 11) is 1.73. The first-order valence-electron chi connectivity index (χ1n) is 10.4. The van der Waals surface area contributed by atoms with Gasteiger partial charge in [0, 0.05) is 53.1 Å². The van der Waals surface area contributed by atoms with Crippen molar-refractivity contribution in [3.63, 3.8) is 0 Å². The highest BCUT2D eigenvalue weighted by molar-refractivity contribution is 14.0. The summed E-state index contributed by atoms with van der Waals surface area (Å²) < 4.78 is 11.0. The summed E-state index contributed by atoms with van der Waals surface area (Å²) in [6.45, 7) is 11.9. The maximum Gasteiger partial charge on any atom is 0.193 e. The molecule has 7 heteroatoms. The number of hydrogen-bond acceptors (Lipinski definition) is 4. The van der Waals surface area contributed by atoms with Crippen molar-refractivity contribution < 1.29 is 14.6 Å². The minimum Gasteiger partial charge on any atom is -0.396 e. The Labute approximate surface area is 183 Å². The number of halogens is 1. The number of nitrogens with one attached hydrogen (secondary N) is 1. The Morgan fingerprint density at radius 3 is 2.37 bits per heavy atom. The lowest BCUT2D eigenvalue weighted by atomic mass is 9.79. The van der Waals surface area contributed by atoms with Gasteiger partial charge in [-0.2, -0.15) is 0 Å². The van der Waals surface area contributed by atoms with E-state index in [1.807, 2.05) is 0 Å². The molecular formula is C20H42IN3O3. The first kappa shape index (κ1) is 26.9. The molecule has 0 aromatic rings. The van der Waals surface area contributed by atoms with Gasteiger partial charge in [0.2, 0.25) is 0 Å². The number of likely N-dealkylation sites (tertiary alicyclic amines) is 1. The van der Waals surface area contributed by atoms with E-state index in [1.54, 1.807) is 7.11 Å². The molecule has 0 saturated carbocycles. The molecule has 1 rings (SSSR count). The fourth-order valence-electron chi connectivity index (χ4n) is 3.50. The van der Waals surface area contributed by atoms with Crippen LogP contribution in [-0.2, 0) is 9.47 Å². The molecule has 6 nitrogen and oxygen atoms in total. The van der Waals surface area contributed by atoms with Crippen LogP contribution >= 0.6 is 24.0 Å². The van der Waals surface area contributed by atoms with Crippen LogP contribution in [0.15, 0.2) is 4.99 Å². The minimum atomic E-state index is 0. The summed E-state index contributed by atoms with van der Waals surface area (Å²) in [6.07, 6.45) is 6.31. The van der Waals surface area contributed by atoms with E-state index in [1.165, 1.54) is 0 Å². The van der Waals surface area contributed by atoms with Gasteiger partial charge in [-0.25, -0.2) is 0 Å². The number of ether oxygens (including phenoxy) is 2. The van der Waals surface area contributed by atoms with Crippen LogP contribution < -0.4 is 5.32 Å². The van der Waals surface area contributed by atoms with E-state index in [2.05, 4.69) is 31.0 Å². The van der Waals surface area contributed by atoms with Gasteiger partial charge >= 0.3 is 0 Å². The number of aliphatic hydroxyl groups is 1. The van der Waals surface area contributed by atoms with Crippen molar-refractivity contribution in [1.29, 1.82) is 0 Å². The lowest BCUT2D eigenvalue weighted by molar-refractivity contribution is 0.00985. The van der Waals surface area contributed by atoms with E-state index >= 15 is 0 Å². The molecule has 0 aromatic heterocycles. The highest BCUT2D eigenvalue weighted by atomic mass is 127. The highest BCUT2D eigenvalue weighted by Gasteiger charge is 2.27. The molecule has 1 aliphatic rings. The van der Waals surface area contributed by atoms with Gasteiger partial charge in [0.05, 0.1) is 6.10 Å². The lowest BCUT2D eigenvalue weighted by Gasteiger charge is -2.35. The van der Waals surface area contributed by atoms with E-state index in [0.717, 1.165) is 83.9 Å². The third-order valence-corrected chi connectivity index (χ3v) is 5.63. The Morgan fingerprint density at radius 1 is 1.19 bits per heavy atom. The molecule has 0 aliphatic carbocycles. The van der Waals surface area contributed by atoms with Gasteiger partial charge in [-0.1, -0.05) is 13.8 Å². The van der Waals surface area contributed by atoms with Crippen molar-refractivity contribution in [2.24, 2.45) is 10.4 Å². The zero-order valence-electron chi connectivity index (χ0n) is 17.8. The van der Waals surface area contributed by atoms with Crippen LogP contribution in [0.2, 0.25) is 0 Å². The normalized spacial score (nSPS) is 16.3. The molecule has 0 aromatic carbocycles. The average molecular weight is 499 g/mol. The van der Waals surface area contributed by atoms with Gasteiger partial charge < -0.3 is 24.8 Å². The van der Waals surface area contributed by atoms with Gasteiger partial charge in [-0.05, 0) is 50.9 Å². The molecule has 0 bridgehead atoms. The summed E-state index contributed by atoms with van der Waals surface area (Å²) in [5.74, 6) is 1.01. The third-order valence-electron chi connectivity index (χ3n) is 5.63. The van der Waals surface area contributed by atoms with Crippen molar-refractivity contribution in [1.82, 2.24) is 10.2 Å². The monoisotopic (exact) mass is 499 g/mol. The smallest absolute Gasteiger partial charge is 0.193 e. The van der Waals surface area contributed by atoms with Crippen molar-refractivity contribution in [3.8, 4) is 0 Å². The second kappa shape index (κ2) is 15.8. The predicted octanol–water partition coefficient (Wildman–Crippen LogP) is 3.28. The van der Waals surface area contributed by atoms with Crippen LogP contribution in [-0.4, -0.2) is 75.2 Å². The topological polar surface area (TPSA) is 66.3 Å². The molecule has 162 valence electrons. The fourth-order valence-corrected chi connectivity index (χ4v) is 3.50. The van der Waals surface area contributed by atoms with Crippen LogP contribution in [0.4, 0.5) is 0 Å². The second-order valence-corrected chi connectivity index (χ2v) is 7.25. The summed E-state index contributed by atoms with van der Waals surface area (Å²) in [5.41, 5.74) is 0.109. The van der Waals surface area contributed by atoms with Crippen molar-refractivity contribution in [2.45, 2.75) is 65.4 Å². The predicted molar refractivity (Wildman–Crippen MR) is 123 cm³/mol. The number of nitrogens with zero attached hydrogens (tertiary/aromatic N) is 2. The molecule has 0 amide bonds. The molecule has 1 fully saturated rings. The van der Waals surface area contributed by atoms with Crippen molar-refractivity contribution in [3.05, 3.63) is 0 Å². The minimum absolute atomic E-state index is 0. The number of aliphatic hydroxyl groups excluding tert-OH is 1. The molecule has 1 heterocycles. The van der Waals surface area contributed by atoms with Crippen LogP contribution in [0.3, 0.4) is 0 Å². The van der Waals surface area contributed by atoms with E-state index in [9.17, 15) is 5.11 Å². The Morgan fingerprint density at radius 2 is 1.85 bits per heavy atom. The molecule has 2 N–H and O–H groups in total.